The normalized spacial score (nSPS) is 18.1. The van der Waals surface area contributed by atoms with E-state index >= 15 is 0 Å². The van der Waals surface area contributed by atoms with Gasteiger partial charge in [-0.05, 0) is 20.3 Å². The van der Waals surface area contributed by atoms with Gasteiger partial charge in [0.25, 0.3) is 0 Å². The molecule has 0 aromatic carbocycles. The van der Waals surface area contributed by atoms with E-state index in [1.165, 1.54) is 0 Å². The lowest BCUT2D eigenvalue weighted by Crippen LogP contribution is -2.53. The first-order valence-corrected chi connectivity index (χ1v) is 7.32. The predicted octanol–water partition coefficient (Wildman–Crippen LogP) is 1.11. The molecule has 2 heterocycles. The summed E-state index contributed by atoms with van der Waals surface area (Å²) in [6.45, 7) is 11.7. The van der Waals surface area contributed by atoms with Crippen molar-refractivity contribution in [3.05, 3.63) is 12.2 Å². The number of aromatic nitrogens is 3. The first-order valence-electron chi connectivity index (χ1n) is 7.32. The summed E-state index contributed by atoms with van der Waals surface area (Å²) < 4.78 is 1.99. The fraction of sp³-hybridized carbons (Fsp3) is 0.786. The standard InChI is InChI=1S/C14H24N6/c1-4-5-20-13(16-12-17-20)10-18-6-8-19(9-7-18)14(2,3)11-15/h12H,4-10H2,1-3H3. The van der Waals surface area contributed by atoms with Crippen LogP contribution in [-0.4, -0.2) is 56.3 Å². The Bertz CT molecular complexity index is 464. The lowest BCUT2D eigenvalue weighted by molar-refractivity contribution is 0.0743. The summed E-state index contributed by atoms with van der Waals surface area (Å²) in [6.07, 6.45) is 2.71. The largest absolute Gasteiger partial charge is 0.293 e. The molecule has 1 fully saturated rings. The van der Waals surface area contributed by atoms with Crippen molar-refractivity contribution in [2.45, 2.75) is 45.8 Å². The zero-order chi connectivity index (χ0) is 14.6. The number of hydrogen-bond donors (Lipinski definition) is 0. The zero-order valence-electron chi connectivity index (χ0n) is 12.7. The summed E-state index contributed by atoms with van der Waals surface area (Å²) in [6, 6.07) is 2.38. The summed E-state index contributed by atoms with van der Waals surface area (Å²) in [5.41, 5.74) is -0.367. The number of nitriles is 1. The molecule has 1 saturated heterocycles. The average Bonchev–Trinajstić information content (AvgIpc) is 2.87. The van der Waals surface area contributed by atoms with Gasteiger partial charge in [0.2, 0.25) is 0 Å². The highest BCUT2D eigenvalue weighted by molar-refractivity contribution is 5.03. The number of piperazine rings is 1. The van der Waals surface area contributed by atoms with Crippen LogP contribution in [0.25, 0.3) is 0 Å². The molecule has 0 aliphatic carbocycles. The van der Waals surface area contributed by atoms with Crippen LogP contribution in [-0.2, 0) is 13.1 Å². The monoisotopic (exact) mass is 276 g/mol. The fourth-order valence-electron chi connectivity index (χ4n) is 2.54. The van der Waals surface area contributed by atoms with Crippen LogP contribution in [0.1, 0.15) is 33.0 Å². The zero-order valence-corrected chi connectivity index (χ0v) is 12.7. The van der Waals surface area contributed by atoms with E-state index in [-0.39, 0.29) is 5.54 Å². The van der Waals surface area contributed by atoms with Gasteiger partial charge < -0.3 is 0 Å². The quantitative estimate of drug-likeness (QED) is 0.806. The van der Waals surface area contributed by atoms with Crippen molar-refractivity contribution in [3.8, 4) is 6.07 Å². The van der Waals surface area contributed by atoms with Crippen LogP contribution in [0.2, 0.25) is 0 Å². The van der Waals surface area contributed by atoms with Crippen molar-refractivity contribution in [1.82, 2.24) is 24.6 Å². The Balaban J connectivity index is 1.89. The van der Waals surface area contributed by atoms with E-state index in [1.54, 1.807) is 6.33 Å². The molecular weight excluding hydrogens is 252 g/mol. The van der Waals surface area contributed by atoms with Crippen molar-refractivity contribution >= 4 is 0 Å². The van der Waals surface area contributed by atoms with E-state index in [9.17, 15) is 5.26 Å². The highest BCUT2D eigenvalue weighted by Gasteiger charge is 2.29. The minimum atomic E-state index is -0.367. The molecule has 6 nitrogen and oxygen atoms in total. The van der Waals surface area contributed by atoms with Gasteiger partial charge in [-0.25, -0.2) is 9.67 Å². The maximum atomic E-state index is 9.19. The Morgan fingerprint density at radius 2 is 2.00 bits per heavy atom. The van der Waals surface area contributed by atoms with Crippen LogP contribution in [0, 0.1) is 11.3 Å². The first-order chi connectivity index (χ1) is 9.56. The third-order valence-electron chi connectivity index (χ3n) is 3.93. The average molecular weight is 276 g/mol. The Labute approximate surface area is 121 Å². The van der Waals surface area contributed by atoms with Crippen molar-refractivity contribution in [1.29, 1.82) is 5.26 Å². The van der Waals surface area contributed by atoms with Crippen molar-refractivity contribution < 1.29 is 0 Å². The minimum Gasteiger partial charge on any atom is -0.293 e. The molecule has 0 unspecified atom stereocenters. The molecule has 1 aliphatic rings. The van der Waals surface area contributed by atoms with E-state index in [0.29, 0.717) is 0 Å². The summed E-state index contributed by atoms with van der Waals surface area (Å²) in [5, 5.41) is 13.5. The van der Waals surface area contributed by atoms with Crippen LogP contribution >= 0.6 is 0 Å². The lowest BCUT2D eigenvalue weighted by atomic mass is 10.0. The number of nitrogens with zero attached hydrogens (tertiary/aromatic N) is 6. The second-order valence-corrected chi connectivity index (χ2v) is 5.83. The Kier molecular flexibility index (Phi) is 4.73. The molecule has 2 rings (SSSR count). The van der Waals surface area contributed by atoms with Crippen molar-refractivity contribution in [2.24, 2.45) is 0 Å². The van der Waals surface area contributed by atoms with Gasteiger partial charge >= 0.3 is 0 Å². The Hall–Kier alpha value is -1.45. The Morgan fingerprint density at radius 1 is 1.30 bits per heavy atom. The molecule has 0 N–H and O–H groups in total. The van der Waals surface area contributed by atoms with E-state index in [4.69, 9.17) is 0 Å². The van der Waals surface area contributed by atoms with Gasteiger partial charge in [0, 0.05) is 32.7 Å². The van der Waals surface area contributed by atoms with Crippen LogP contribution < -0.4 is 0 Å². The molecule has 0 spiro atoms. The van der Waals surface area contributed by atoms with Gasteiger partial charge in [-0.2, -0.15) is 10.4 Å². The van der Waals surface area contributed by atoms with E-state index in [1.807, 2.05) is 18.5 Å². The van der Waals surface area contributed by atoms with Crippen LogP contribution in [0.3, 0.4) is 0 Å². The molecule has 0 bridgehead atoms. The fourth-order valence-corrected chi connectivity index (χ4v) is 2.54. The highest BCUT2D eigenvalue weighted by atomic mass is 15.4. The predicted molar refractivity (Wildman–Crippen MR) is 76.9 cm³/mol. The van der Waals surface area contributed by atoms with Crippen LogP contribution in [0.4, 0.5) is 0 Å². The maximum Gasteiger partial charge on any atom is 0.141 e. The minimum absolute atomic E-state index is 0.367. The summed E-state index contributed by atoms with van der Waals surface area (Å²) in [7, 11) is 0. The molecule has 0 amide bonds. The molecular formula is C14H24N6. The third-order valence-corrected chi connectivity index (χ3v) is 3.93. The molecule has 0 atom stereocenters. The SMILES string of the molecule is CCCn1ncnc1CN1CCN(C(C)(C)C#N)CC1. The molecule has 0 radical (unpaired) electrons. The van der Waals surface area contributed by atoms with E-state index in [2.05, 4.69) is 32.9 Å². The number of aryl methyl sites for hydroxylation is 1. The van der Waals surface area contributed by atoms with Crippen LogP contribution in [0.5, 0.6) is 0 Å². The Morgan fingerprint density at radius 3 is 2.60 bits per heavy atom. The lowest BCUT2D eigenvalue weighted by Gasteiger charge is -2.40. The molecule has 1 aromatic rings. The van der Waals surface area contributed by atoms with Gasteiger partial charge in [-0.15, -0.1) is 0 Å². The molecule has 1 aromatic heterocycles. The van der Waals surface area contributed by atoms with Crippen LogP contribution in [0.15, 0.2) is 6.33 Å². The number of rotatable bonds is 5. The van der Waals surface area contributed by atoms with Crippen molar-refractivity contribution in [3.63, 3.8) is 0 Å². The van der Waals surface area contributed by atoms with Gasteiger partial charge in [0.05, 0.1) is 12.6 Å². The summed E-state index contributed by atoms with van der Waals surface area (Å²) in [5.74, 6) is 1.04. The molecule has 110 valence electrons. The van der Waals surface area contributed by atoms with Gasteiger partial charge in [0.15, 0.2) is 0 Å². The first kappa shape index (κ1) is 14.9. The van der Waals surface area contributed by atoms with Gasteiger partial charge in [-0.3, -0.25) is 9.80 Å². The number of hydrogen-bond acceptors (Lipinski definition) is 5. The topological polar surface area (TPSA) is 61.0 Å². The molecule has 20 heavy (non-hydrogen) atoms. The highest BCUT2D eigenvalue weighted by Crippen LogP contribution is 2.16. The third kappa shape index (κ3) is 3.35. The second kappa shape index (κ2) is 6.33. The smallest absolute Gasteiger partial charge is 0.141 e. The van der Waals surface area contributed by atoms with Crippen molar-refractivity contribution in [2.75, 3.05) is 26.2 Å². The molecule has 1 aliphatic heterocycles. The van der Waals surface area contributed by atoms with E-state index < -0.39 is 0 Å². The summed E-state index contributed by atoms with van der Waals surface area (Å²) >= 11 is 0. The molecule has 6 heteroatoms. The maximum absolute atomic E-state index is 9.19. The summed E-state index contributed by atoms with van der Waals surface area (Å²) in [4.78, 5) is 9.00. The molecule has 0 saturated carbocycles. The van der Waals surface area contributed by atoms with Gasteiger partial charge in [-0.1, -0.05) is 6.92 Å². The van der Waals surface area contributed by atoms with E-state index in [0.717, 1.165) is 51.5 Å². The second-order valence-electron chi connectivity index (χ2n) is 5.83. The van der Waals surface area contributed by atoms with Gasteiger partial charge in [0.1, 0.15) is 17.7 Å².